The second-order valence-electron chi connectivity index (χ2n) is 7.93. The molecule has 0 aliphatic carbocycles. The number of nitrogens with zero attached hydrogens (tertiary/aromatic N) is 2. The van der Waals surface area contributed by atoms with Gasteiger partial charge < -0.3 is 30.3 Å². The van der Waals surface area contributed by atoms with Crippen LogP contribution in [0.25, 0.3) is 0 Å². The Balaban J connectivity index is 4.49. The fourth-order valence-electron chi connectivity index (χ4n) is 1.96. The van der Waals surface area contributed by atoms with E-state index >= 15 is 0 Å². The minimum atomic E-state index is -0.519. The molecular formula is C18H39N5O3. The quantitative estimate of drug-likeness (QED) is 0.397. The first-order valence-electron chi connectivity index (χ1n) is 9.20. The highest BCUT2D eigenvalue weighted by Gasteiger charge is 2.24. The number of hydrogen-bond donors (Lipinski definition) is 3. The number of carbonyl (C=O) groups excluding carboxylic acids is 1. The highest BCUT2D eigenvalue weighted by atomic mass is 16.6. The van der Waals surface area contributed by atoms with Gasteiger partial charge in [-0.25, -0.2) is 4.79 Å². The standard InChI is InChI=1S/C18H39N5O3/c1-9-19-15(20-10-11-23(7)12-13-25-8)21-14-18(5,6)22-16(24)26-17(2,3)4/h9-14H2,1-8H3,(H,22,24)(H2,19,20,21). The number of methoxy groups -OCH3 is 1. The summed E-state index contributed by atoms with van der Waals surface area (Å²) in [5.74, 6) is 0.728. The van der Waals surface area contributed by atoms with Crippen molar-refractivity contribution in [2.24, 2.45) is 4.99 Å². The first-order valence-corrected chi connectivity index (χ1v) is 9.20. The second-order valence-corrected chi connectivity index (χ2v) is 7.93. The van der Waals surface area contributed by atoms with E-state index in [0.717, 1.165) is 38.7 Å². The maximum atomic E-state index is 11.9. The van der Waals surface area contributed by atoms with Gasteiger partial charge in [0.05, 0.1) is 18.7 Å². The van der Waals surface area contributed by atoms with Crippen molar-refractivity contribution in [2.45, 2.75) is 52.7 Å². The van der Waals surface area contributed by atoms with Crippen LogP contribution in [0.3, 0.4) is 0 Å². The normalized spacial score (nSPS) is 12.9. The van der Waals surface area contributed by atoms with Crippen molar-refractivity contribution in [3.8, 4) is 0 Å². The molecule has 0 rings (SSSR count). The number of likely N-dealkylation sites (N-methyl/N-ethyl adjacent to an activating group) is 1. The summed E-state index contributed by atoms with van der Waals surface area (Å²) >= 11 is 0. The van der Waals surface area contributed by atoms with Crippen molar-refractivity contribution in [1.82, 2.24) is 20.9 Å². The van der Waals surface area contributed by atoms with Gasteiger partial charge in [-0.05, 0) is 48.6 Å². The highest BCUT2D eigenvalue weighted by Crippen LogP contribution is 2.09. The molecule has 0 aliphatic heterocycles. The molecule has 0 spiro atoms. The molecule has 3 N–H and O–H groups in total. The molecular weight excluding hydrogens is 334 g/mol. The number of nitrogens with one attached hydrogen (secondary N) is 3. The van der Waals surface area contributed by atoms with Gasteiger partial charge in [-0.1, -0.05) is 0 Å². The molecule has 0 atom stereocenters. The molecule has 0 bridgehead atoms. The third-order valence-corrected chi connectivity index (χ3v) is 3.28. The van der Waals surface area contributed by atoms with Crippen LogP contribution in [0.1, 0.15) is 41.5 Å². The summed E-state index contributed by atoms with van der Waals surface area (Å²) in [5.41, 5.74) is -1.03. The van der Waals surface area contributed by atoms with Crippen LogP contribution >= 0.6 is 0 Å². The van der Waals surface area contributed by atoms with Gasteiger partial charge in [-0.15, -0.1) is 0 Å². The van der Waals surface area contributed by atoms with Crippen LogP contribution in [0, 0.1) is 0 Å². The zero-order valence-corrected chi connectivity index (χ0v) is 17.9. The number of amides is 1. The zero-order valence-electron chi connectivity index (χ0n) is 17.9. The van der Waals surface area contributed by atoms with Crippen LogP contribution < -0.4 is 16.0 Å². The molecule has 0 aromatic rings. The predicted molar refractivity (Wildman–Crippen MR) is 107 cm³/mol. The monoisotopic (exact) mass is 373 g/mol. The number of hydrogen-bond acceptors (Lipinski definition) is 5. The molecule has 1 amide bonds. The van der Waals surface area contributed by atoms with Gasteiger partial charge in [0.2, 0.25) is 0 Å². The first kappa shape index (κ1) is 24.5. The highest BCUT2D eigenvalue weighted by molar-refractivity contribution is 5.79. The molecule has 0 saturated heterocycles. The van der Waals surface area contributed by atoms with Crippen LogP contribution in [0.15, 0.2) is 4.99 Å². The Morgan fingerprint density at radius 3 is 2.31 bits per heavy atom. The van der Waals surface area contributed by atoms with E-state index in [1.54, 1.807) is 7.11 Å². The fraction of sp³-hybridized carbons (Fsp3) is 0.889. The Kier molecular flexibility index (Phi) is 11.2. The third-order valence-electron chi connectivity index (χ3n) is 3.28. The molecule has 0 unspecified atom stereocenters. The summed E-state index contributed by atoms with van der Waals surface area (Å²) < 4.78 is 10.4. The van der Waals surface area contributed by atoms with E-state index < -0.39 is 17.2 Å². The molecule has 0 saturated carbocycles. The Morgan fingerprint density at radius 1 is 1.12 bits per heavy atom. The van der Waals surface area contributed by atoms with E-state index in [9.17, 15) is 4.79 Å². The predicted octanol–water partition coefficient (Wildman–Crippen LogP) is 1.42. The summed E-state index contributed by atoms with van der Waals surface area (Å²) in [4.78, 5) is 18.7. The van der Waals surface area contributed by atoms with E-state index in [2.05, 4.69) is 32.9 Å². The van der Waals surface area contributed by atoms with Gasteiger partial charge in [0.1, 0.15) is 5.60 Å². The molecule has 0 fully saturated rings. The lowest BCUT2D eigenvalue weighted by atomic mass is 10.1. The minimum absolute atomic E-state index is 0.432. The van der Waals surface area contributed by atoms with Gasteiger partial charge >= 0.3 is 6.09 Å². The topological polar surface area (TPSA) is 87.2 Å². The third kappa shape index (κ3) is 13.7. The zero-order chi connectivity index (χ0) is 20.2. The number of carbonyl (C=O) groups is 1. The Labute approximate surface area is 159 Å². The van der Waals surface area contributed by atoms with Crippen LogP contribution in [0.5, 0.6) is 0 Å². The van der Waals surface area contributed by atoms with E-state index in [0.29, 0.717) is 6.54 Å². The summed E-state index contributed by atoms with van der Waals surface area (Å²) in [6.45, 7) is 15.8. The lowest BCUT2D eigenvalue weighted by molar-refractivity contribution is 0.0476. The molecule has 0 aromatic carbocycles. The summed E-state index contributed by atoms with van der Waals surface area (Å²) in [6, 6.07) is 0. The molecule has 0 radical (unpaired) electrons. The summed E-state index contributed by atoms with van der Waals surface area (Å²) in [6.07, 6.45) is -0.435. The summed E-state index contributed by atoms with van der Waals surface area (Å²) in [7, 11) is 3.76. The molecule has 0 aliphatic rings. The lowest BCUT2D eigenvalue weighted by Crippen LogP contribution is -2.49. The van der Waals surface area contributed by atoms with Crippen molar-refractivity contribution in [1.29, 1.82) is 0 Å². The van der Waals surface area contributed by atoms with E-state index in [1.807, 2.05) is 41.5 Å². The Morgan fingerprint density at radius 2 is 1.77 bits per heavy atom. The van der Waals surface area contributed by atoms with Crippen molar-refractivity contribution >= 4 is 12.1 Å². The number of rotatable bonds is 10. The Hall–Kier alpha value is -1.54. The fourth-order valence-corrected chi connectivity index (χ4v) is 1.96. The average molecular weight is 374 g/mol. The smallest absolute Gasteiger partial charge is 0.408 e. The van der Waals surface area contributed by atoms with Crippen molar-refractivity contribution < 1.29 is 14.3 Å². The van der Waals surface area contributed by atoms with Crippen molar-refractivity contribution in [2.75, 3.05) is 53.5 Å². The molecule has 0 heterocycles. The molecule has 154 valence electrons. The van der Waals surface area contributed by atoms with Crippen LogP contribution in [0.2, 0.25) is 0 Å². The van der Waals surface area contributed by atoms with E-state index in [4.69, 9.17) is 9.47 Å². The minimum Gasteiger partial charge on any atom is -0.444 e. The molecule has 26 heavy (non-hydrogen) atoms. The van der Waals surface area contributed by atoms with E-state index in [1.165, 1.54) is 0 Å². The molecule has 8 nitrogen and oxygen atoms in total. The van der Waals surface area contributed by atoms with Crippen molar-refractivity contribution in [3.05, 3.63) is 0 Å². The maximum absolute atomic E-state index is 11.9. The van der Waals surface area contributed by atoms with Gasteiger partial charge in [0.25, 0.3) is 0 Å². The second kappa shape index (κ2) is 12.0. The van der Waals surface area contributed by atoms with Crippen molar-refractivity contribution in [3.63, 3.8) is 0 Å². The van der Waals surface area contributed by atoms with Gasteiger partial charge in [0.15, 0.2) is 5.96 Å². The summed E-state index contributed by atoms with van der Waals surface area (Å²) in [5, 5.41) is 9.38. The number of aliphatic imine (C=N–C) groups is 1. The van der Waals surface area contributed by atoms with Gasteiger partial charge in [-0.2, -0.15) is 0 Å². The van der Waals surface area contributed by atoms with Crippen LogP contribution in [0.4, 0.5) is 4.79 Å². The molecule has 0 aromatic heterocycles. The number of alkyl carbamates (subject to hydrolysis) is 1. The largest absolute Gasteiger partial charge is 0.444 e. The lowest BCUT2D eigenvalue weighted by Gasteiger charge is -2.27. The Bertz CT molecular complexity index is 433. The SMILES string of the molecule is CCNC(=NCC(C)(C)NC(=O)OC(C)(C)C)NCCN(C)CCOC. The maximum Gasteiger partial charge on any atom is 0.408 e. The number of guanidine groups is 1. The van der Waals surface area contributed by atoms with Gasteiger partial charge in [0, 0.05) is 33.3 Å². The van der Waals surface area contributed by atoms with E-state index in [-0.39, 0.29) is 0 Å². The van der Waals surface area contributed by atoms with Crippen LogP contribution in [-0.4, -0.2) is 81.6 Å². The van der Waals surface area contributed by atoms with Crippen LogP contribution in [-0.2, 0) is 9.47 Å². The average Bonchev–Trinajstić information content (AvgIpc) is 2.48. The molecule has 8 heteroatoms. The number of ether oxygens (including phenoxy) is 2. The van der Waals surface area contributed by atoms with Gasteiger partial charge in [-0.3, -0.25) is 4.99 Å². The first-order chi connectivity index (χ1) is 12.0.